The Hall–Kier alpha value is -4.32. The summed E-state index contributed by atoms with van der Waals surface area (Å²) >= 11 is 0. The second-order valence-electron chi connectivity index (χ2n) is 9.64. The van der Waals surface area contributed by atoms with Crippen molar-refractivity contribution in [2.75, 3.05) is 36.5 Å². The van der Waals surface area contributed by atoms with E-state index in [1.54, 1.807) is 44.2 Å². The molecule has 0 radical (unpaired) electrons. The van der Waals surface area contributed by atoms with Crippen LogP contribution in [0.4, 0.5) is 55.9 Å². The Kier molecular flexibility index (Phi) is 12.0. The maximum atomic E-state index is 14.0. The highest BCUT2D eigenvalue weighted by Gasteiger charge is 2.34. The summed E-state index contributed by atoms with van der Waals surface area (Å²) in [4.78, 5) is 23.0. The Bertz CT molecular complexity index is 1370. The van der Waals surface area contributed by atoms with Crippen molar-refractivity contribution in [1.29, 1.82) is 0 Å². The van der Waals surface area contributed by atoms with Crippen LogP contribution in [-0.2, 0) is 22.3 Å². The first kappa shape index (κ1) is 36.2. The third kappa shape index (κ3) is 11.9. The fraction of sp³-hybridized carbons (Fsp3) is 0.393. The quantitative estimate of drug-likeness (QED) is 0.139. The van der Waals surface area contributed by atoms with Crippen LogP contribution in [0.25, 0.3) is 0 Å². The SMILES string of the molecule is CC(C)OCN(C(=O)N(COCc1ccccc1)c1nc(OCC(F)(F)F)cc(OCC(F)(F)F)n1)c1ccc(C(F)(F)F)cc1. The molecule has 0 aliphatic rings. The van der Waals surface area contributed by atoms with Crippen LogP contribution in [0.2, 0.25) is 0 Å². The zero-order valence-electron chi connectivity index (χ0n) is 24.1. The van der Waals surface area contributed by atoms with Crippen LogP contribution >= 0.6 is 0 Å². The van der Waals surface area contributed by atoms with E-state index in [1.807, 2.05) is 0 Å². The van der Waals surface area contributed by atoms with Gasteiger partial charge in [0.2, 0.25) is 17.7 Å². The molecule has 1 aromatic heterocycles. The van der Waals surface area contributed by atoms with Crippen molar-refractivity contribution in [2.45, 2.75) is 45.1 Å². The largest absolute Gasteiger partial charge is 0.468 e. The number of alkyl halides is 9. The van der Waals surface area contributed by atoms with Gasteiger partial charge in [-0.3, -0.25) is 4.90 Å². The van der Waals surface area contributed by atoms with Gasteiger partial charge in [-0.25, -0.2) is 9.69 Å². The molecule has 0 saturated carbocycles. The van der Waals surface area contributed by atoms with Crippen LogP contribution in [0.3, 0.4) is 0 Å². The van der Waals surface area contributed by atoms with Crippen molar-refractivity contribution in [3.05, 3.63) is 71.8 Å². The number of halogens is 9. The number of carbonyl (C=O) groups excluding carboxylic acids is 1. The third-order valence-electron chi connectivity index (χ3n) is 5.51. The first-order valence-corrected chi connectivity index (χ1v) is 13.2. The third-order valence-corrected chi connectivity index (χ3v) is 5.51. The van der Waals surface area contributed by atoms with Gasteiger partial charge in [0, 0.05) is 5.69 Å². The van der Waals surface area contributed by atoms with E-state index in [0.29, 0.717) is 28.7 Å². The Balaban J connectivity index is 2.07. The van der Waals surface area contributed by atoms with E-state index in [-0.39, 0.29) is 12.3 Å². The first-order chi connectivity index (χ1) is 21.4. The van der Waals surface area contributed by atoms with Gasteiger partial charge in [0.1, 0.15) is 13.5 Å². The lowest BCUT2D eigenvalue weighted by Crippen LogP contribution is -2.46. The molecule has 18 heteroatoms. The van der Waals surface area contributed by atoms with Gasteiger partial charge in [0.15, 0.2) is 13.2 Å². The number of carbonyl (C=O) groups is 1. The molecule has 1 heterocycles. The van der Waals surface area contributed by atoms with Crippen LogP contribution in [0, 0.1) is 0 Å². The molecule has 0 fully saturated rings. The normalized spacial score (nSPS) is 12.3. The number of urea groups is 1. The Morgan fingerprint density at radius 3 is 1.78 bits per heavy atom. The Morgan fingerprint density at radius 2 is 1.30 bits per heavy atom. The van der Waals surface area contributed by atoms with Crippen molar-refractivity contribution in [3.63, 3.8) is 0 Å². The van der Waals surface area contributed by atoms with Gasteiger partial charge >= 0.3 is 24.6 Å². The van der Waals surface area contributed by atoms with E-state index >= 15 is 0 Å². The van der Waals surface area contributed by atoms with Crippen molar-refractivity contribution in [2.24, 2.45) is 0 Å². The molecule has 2 amide bonds. The molecule has 0 unspecified atom stereocenters. The number of aromatic nitrogens is 2. The number of ether oxygens (including phenoxy) is 4. The van der Waals surface area contributed by atoms with Gasteiger partial charge in [-0.05, 0) is 43.7 Å². The fourth-order valence-corrected chi connectivity index (χ4v) is 3.44. The maximum absolute atomic E-state index is 14.0. The number of rotatable bonds is 13. The number of benzene rings is 2. The Morgan fingerprint density at radius 1 is 0.761 bits per heavy atom. The summed E-state index contributed by atoms with van der Waals surface area (Å²) < 4.78 is 137. The minimum atomic E-state index is -4.88. The van der Waals surface area contributed by atoms with Gasteiger partial charge in [-0.2, -0.15) is 49.5 Å². The van der Waals surface area contributed by atoms with Crippen molar-refractivity contribution >= 4 is 17.7 Å². The average Bonchev–Trinajstić information content (AvgIpc) is 2.96. The molecular formula is C28H27F9N4O5. The Labute approximate surface area is 256 Å². The number of hydrogen-bond acceptors (Lipinski definition) is 7. The predicted molar refractivity (Wildman–Crippen MR) is 144 cm³/mol. The summed E-state index contributed by atoms with van der Waals surface area (Å²) in [6.45, 7) is -2.03. The van der Waals surface area contributed by atoms with E-state index in [0.717, 1.165) is 17.0 Å². The molecule has 0 aliphatic heterocycles. The summed E-state index contributed by atoms with van der Waals surface area (Å²) in [5.41, 5.74) is -0.527. The first-order valence-electron chi connectivity index (χ1n) is 13.2. The smallest absolute Gasteiger partial charge is 0.422 e. The molecule has 46 heavy (non-hydrogen) atoms. The summed E-state index contributed by atoms with van der Waals surface area (Å²) in [5.74, 6) is -2.61. The molecule has 9 nitrogen and oxygen atoms in total. The van der Waals surface area contributed by atoms with Crippen LogP contribution in [-0.4, -0.2) is 61.1 Å². The minimum Gasteiger partial charge on any atom is -0.468 e. The number of anilines is 2. The predicted octanol–water partition coefficient (Wildman–Crippen LogP) is 7.37. The lowest BCUT2D eigenvalue weighted by molar-refractivity contribution is -0.154. The molecule has 0 N–H and O–H groups in total. The van der Waals surface area contributed by atoms with Crippen LogP contribution in [0.5, 0.6) is 11.8 Å². The van der Waals surface area contributed by atoms with Crippen molar-refractivity contribution < 1.29 is 63.3 Å². The standard InChI is InChI=1S/C28H27F9N4O5/c1-18(2)46-17-40(21-10-8-20(9-11-21)28(35,36)37)25(42)41(16-43-13-19-6-4-3-5-7-19)24-38-22(44-14-26(29,30)31)12-23(39-24)45-15-27(32,33)34/h3-12,18H,13-17H2,1-2H3. The van der Waals surface area contributed by atoms with E-state index in [1.165, 1.54) is 0 Å². The van der Waals surface area contributed by atoms with E-state index in [2.05, 4.69) is 19.4 Å². The van der Waals surface area contributed by atoms with Gasteiger partial charge in [0.25, 0.3) is 0 Å². The average molecular weight is 671 g/mol. The van der Waals surface area contributed by atoms with Crippen LogP contribution in [0.1, 0.15) is 25.0 Å². The summed E-state index contributed by atoms with van der Waals surface area (Å²) in [5, 5.41) is 0. The molecule has 0 aliphatic carbocycles. The van der Waals surface area contributed by atoms with E-state index < -0.39 is 80.6 Å². The van der Waals surface area contributed by atoms with Gasteiger partial charge < -0.3 is 18.9 Å². The topological polar surface area (TPSA) is 86.3 Å². The highest BCUT2D eigenvalue weighted by atomic mass is 19.4. The second kappa shape index (κ2) is 15.3. The zero-order valence-corrected chi connectivity index (χ0v) is 24.1. The summed E-state index contributed by atoms with van der Waals surface area (Å²) in [6, 6.07) is 11.2. The number of hydrogen-bond donors (Lipinski definition) is 0. The number of nitrogens with zero attached hydrogens (tertiary/aromatic N) is 4. The molecule has 0 bridgehead atoms. The van der Waals surface area contributed by atoms with Gasteiger partial charge in [-0.15, -0.1) is 0 Å². The van der Waals surface area contributed by atoms with Crippen LogP contribution < -0.4 is 19.3 Å². The fourth-order valence-electron chi connectivity index (χ4n) is 3.44. The highest BCUT2D eigenvalue weighted by Crippen LogP contribution is 2.32. The number of amides is 2. The lowest BCUT2D eigenvalue weighted by atomic mass is 10.2. The minimum absolute atomic E-state index is 0.121. The molecule has 3 aromatic rings. The maximum Gasteiger partial charge on any atom is 0.422 e. The zero-order chi connectivity index (χ0) is 34.1. The van der Waals surface area contributed by atoms with Crippen molar-refractivity contribution in [3.8, 4) is 11.8 Å². The molecule has 2 aromatic carbocycles. The molecule has 0 saturated heterocycles. The molecule has 252 valence electrons. The lowest BCUT2D eigenvalue weighted by Gasteiger charge is -2.30. The summed E-state index contributed by atoms with van der Waals surface area (Å²) in [7, 11) is 0. The molecule has 3 rings (SSSR count). The molecule has 0 atom stereocenters. The molecule has 0 spiro atoms. The van der Waals surface area contributed by atoms with Crippen molar-refractivity contribution in [1.82, 2.24) is 9.97 Å². The highest BCUT2D eigenvalue weighted by molar-refractivity contribution is 6.02. The monoisotopic (exact) mass is 670 g/mol. The summed E-state index contributed by atoms with van der Waals surface area (Å²) in [6.07, 6.45) is -14.9. The second-order valence-corrected chi connectivity index (χ2v) is 9.64. The van der Waals surface area contributed by atoms with Crippen LogP contribution in [0.15, 0.2) is 60.7 Å². The van der Waals surface area contributed by atoms with E-state index in [9.17, 15) is 44.3 Å². The van der Waals surface area contributed by atoms with Gasteiger partial charge in [0.05, 0.1) is 24.3 Å². The molecular weight excluding hydrogens is 643 g/mol. The van der Waals surface area contributed by atoms with Gasteiger partial charge in [-0.1, -0.05) is 30.3 Å². The van der Waals surface area contributed by atoms with E-state index in [4.69, 9.17) is 9.47 Å².